The molecule has 8 N–H and O–H groups in total. The Kier molecular flexibility index (Phi) is 7.33. The Morgan fingerprint density at radius 3 is 2.05 bits per heavy atom. The van der Waals surface area contributed by atoms with Crippen molar-refractivity contribution < 1.29 is 24.6 Å². The predicted octanol–water partition coefficient (Wildman–Crippen LogP) is -1.34. The van der Waals surface area contributed by atoms with Crippen LogP contribution >= 0.6 is 12.6 Å². The van der Waals surface area contributed by atoms with Crippen molar-refractivity contribution in [2.45, 2.75) is 31.1 Å². The fourth-order valence-corrected chi connectivity index (χ4v) is 2.20. The summed E-state index contributed by atoms with van der Waals surface area (Å²) >= 11 is 4.12. The molecule has 0 bridgehead atoms. The molecule has 0 aromatic rings. The van der Waals surface area contributed by atoms with E-state index in [9.17, 15) is 24.6 Å². The number of carboxylic acids is 2. The van der Waals surface area contributed by atoms with Crippen LogP contribution in [0.5, 0.6) is 0 Å². The summed E-state index contributed by atoms with van der Waals surface area (Å²) in [5.41, 5.74) is 13.3. The molecule has 9 nitrogen and oxygen atoms in total. The second-order valence-electron chi connectivity index (χ2n) is 5.07. The summed E-state index contributed by atoms with van der Waals surface area (Å²) in [6.07, 6.45) is -0.391. The number of nitrogens with two attached hydrogens (primary N) is 3. The van der Waals surface area contributed by atoms with Gasteiger partial charge in [0.2, 0.25) is 0 Å². The Morgan fingerprint density at radius 1 is 1.23 bits per heavy atom. The first-order valence-electron chi connectivity index (χ1n) is 6.48. The molecule has 126 valence electrons. The molecule has 0 heterocycles. The van der Waals surface area contributed by atoms with E-state index in [1.165, 1.54) is 6.92 Å². The van der Waals surface area contributed by atoms with Crippen molar-refractivity contribution in [1.82, 2.24) is 0 Å². The molecule has 0 rings (SSSR count). The third-order valence-electron chi connectivity index (χ3n) is 3.49. The molecule has 4 atom stereocenters. The van der Waals surface area contributed by atoms with Gasteiger partial charge in [-0.2, -0.15) is 12.6 Å². The molecule has 0 saturated heterocycles. The molecule has 0 saturated carbocycles. The van der Waals surface area contributed by atoms with Gasteiger partial charge in [0.25, 0.3) is 0 Å². The summed E-state index contributed by atoms with van der Waals surface area (Å²) in [4.78, 5) is 38.8. The molecular formula is C12H22N4O5S. The maximum absolute atomic E-state index is 12.2. The monoisotopic (exact) mass is 334 g/mol. The van der Waals surface area contributed by atoms with E-state index < -0.39 is 46.8 Å². The number of rotatable bonds is 9. The van der Waals surface area contributed by atoms with E-state index in [1.807, 2.05) is 0 Å². The molecule has 22 heavy (non-hydrogen) atoms. The minimum Gasteiger partial charge on any atom is -0.481 e. The van der Waals surface area contributed by atoms with Crippen molar-refractivity contribution in [2.75, 3.05) is 6.54 Å². The van der Waals surface area contributed by atoms with E-state index in [2.05, 4.69) is 17.6 Å². The number of hydrogen-bond donors (Lipinski definition) is 6. The maximum atomic E-state index is 12.2. The lowest BCUT2D eigenvalue weighted by molar-refractivity contribution is -0.162. The van der Waals surface area contributed by atoms with Crippen LogP contribution in [0.15, 0.2) is 4.99 Å². The number of aliphatic imine (C=N–C) groups is 1. The first-order chi connectivity index (χ1) is 9.96. The zero-order valence-electron chi connectivity index (χ0n) is 12.4. The Labute approximate surface area is 133 Å². The van der Waals surface area contributed by atoms with Gasteiger partial charge in [0.05, 0.1) is 5.92 Å². The first kappa shape index (κ1) is 20.2. The van der Waals surface area contributed by atoms with Crippen LogP contribution in [0.1, 0.15) is 20.3 Å². The number of hydrogen-bond acceptors (Lipinski definition) is 6. The third-order valence-corrected chi connectivity index (χ3v) is 3.96. The molecular weight excluding hydrogens is 312 g/mol. The Morgan fingerprint density at radius 2 is 1.73 bits per heavy atom. The van der Waals surface area contributed by atoms with E-state index >= 15 is 0 Å². The standard InChI is InChI=1S/C12H22N4O5S/c1-5(6(2)22)8(9(18)19)12(15,10(20)21)7(17)3-4-16-11(13)14/h5-6,8,22H,3-4,15H2,1-2H3,(H,18,19)(H,20,21)(H4,13,14,16). The fraction of sp³-hybridized carbons (Fsp3) is 0.667. The number of aliphatic carboxylic acids is 2. The van der Waals surface area contributed by atoms with E-state index in [1.54, 1.807) is 6.92 Å². The van der Waals surface area contributed by atoms with Gasteiger partial charge in [0.15, 0.2) is 17.3 Å². The number of carbonyl (C=O) groups excluding carboxylic acids is 1. The number of ketones is 1. The lowest BCUT2D eigenvalue weighted by atomic mass is 9.72. The van der Waals surface area contributed by atoms with E-state index in [0.717, 1.165) is 0 Å². The third kappa shape index (κ3) is 4.60. The molecule has 0 amide bonds. The van der Waals surface area contributed by atoms with E-state index in [4.69, 9.17) is 17.2 Å². The minimum atomic E-state index is -2.58. The first-order valence-corrected chi connectivity index (χ1v) is 6.99. The second kappa shape index (κ2) is 7.99. The zero-order valence-corrected chi connectivity index (χ0v) is 13.3. The predicted molar refractivity (Wildman–Crippen MR) is 83.6 cm³/mol. The molecule has 0 radical (unpaired) electrons. The van der Waals surface area contributed by atoms with Crippen molar-refractivity contribution in [3.63, 3.8) is 0 Å². The van der Waals surface area contributed by atoms with Gasteiger partial charge in [-0.25, -0.2) is 4.79 Å². The van der Waals surface area contributed by atoms with Crippen molar-refractivity contribution >= 4 is 36.3 Å². The number of carboxylic acid groups (broad SMARTS) is 2. The van der Waals surface area contributed by atoms with Crippen LogP contribution in [-0.4, -0.2) is 51.2 Å². The summed E-state index contributed by atoms with van der Waals surface area (Å²) in [7, 11) is 0. The second-order valence-corrected chi connectivity index (χ2v) is 5.88. The van der Waals surface area contributed by atoms with E-state index in [0.29, 0.717) is 0 Å². The fourth-order valence-electron chi connectivity index (χ4n) is 2.03. The minimum absolute atomic E-state index is 0.176. The summed E-state index contributed by atoms with van der Waals surface area (Å²) in [6, 6.07) is 0. The van der Waals surface area contributed by atoms with Gasteiger partial charge in [-0.1, -0.05) is 13.8 Å². The quantitative estimate of drug-likeness (QED) is 0.129. The van der Waals surface area contributed by atoms with Gasteiger partial charge in [0.1, 0.15) is 0 Å². The maximum Gasteiger partial charge on any atom is 0.332 e. The average molecular weight is 334 g/mol. The summed E-state index contributed by atoms with van der Waals surface area (Å²) in [5.74, 6) is -6.81. The van der Waals surface area contributed by atoms with Crippen molar-refractivity contribution in [2.24, 2.45) is 34.0 Å². The summed E-state index contributed by atoms with van der Waals surface area (Å²) in [6.45, 7) is 2.89. The van der Waals surface area contributed by atoms with Gasteiger partial charge in [-0.05, 0) is 5.92 Å². The summed E-state index contributed by atoms with van der Waals surface area (Å²) < 4.78 is 0. The molecule has 4 unspecified atom stereocenters. The van der Waals surface area contributed by atoms with Crippen LogP contribution in [0.4, 0.5) is 0 Å². The number of thiol groups is 1. The molecule has 0 spiro atoms. The Hall–Kier alpha value is -1.81. The number of carbonyl (C=O) groups is 3. The molecule has 0 fully saturated rings. The number of Topliss-reactive ketones (excluding diaryl/α,β-unsaturated/α-hetero) is 1. The van der Waals surface area contributed by atoms with Crippen LogP contribution in [0.2, 0.25) is 0 Å². The largest absolute Gasteiger partial charge is 0.481 e. The van der Waals surface area contributed by atoms with Crippen LogP contribution in [0.25, 0.3) is 0 Å². The van der Waals surface area contributed by atoms with Crippen LogP contribution in [0, 0.1) is 11.8 Å². The van der Waals surface area contributed by atoms with Crippen molar-refractivity contribution in [1.29, 1.82) is 0 Å². The smallest absolute Gasteiger partial charge is 0.332 e. The number of guanidine groups is 1. The van der Waals surface area contributed by atoms with Gasteiger partial charge in [0, 0.05) is 18.2 Å². The van der Waals surface area contributed by atoms with Crippen LogP contribution < -0.4 is 17.2 Å². The average Bonchev–Trinajstić information content (AvgIpc) is 2.36. The van der Waals surface area contributed by atoms with Gasteiger partial charge in [-0.3, -0.25) is 14.6 Å². The Bertz CT molecular complexity index is 478. The number of nitrogens with zero attached hydrogens (tertiary/aromatic N) is 1. The summed E-state index contributed by atoms with van der Waals surface area (Å²) in [5, 5.41) is 18.2. The molecule has 0 aliphatic heterocycles. The SMILES string of the molecule is CC(S)C(C)C(C(=O)O)C(N)(C(=O)O)C(=O)CCN=C(N)N. The van der Waals surface area contributed by atoms with Crippen LogP contribution in [-0.2, 0) is 14.4 Å². The van der Waals surface area contributed by atoms with Crippen molar-refractivity contribution in [3.8, 4) is 0 Å². The highest BCUT2D eigenvalue weighted by Gasteiger charge is 2.54. The molecule has 10 heteroatoms. The van der Waals surface area contributed by atoms with Crippen molar-refractivity contribution in [3.05, 3.63) is 0 Å². The highest BCUT2D eigenvalue weighted by atomic mass is 32.1. The Balaban J connectivity index is 5.62. The lowest BCUT2D eigenvalue weighted by Crippen LogP contribution is -2.64. The topological polar surface area (TPSA) is 182 Å². The highest BCUT2D eigenvalue weighted by Crippen LogP contribution is 2.30. The van der Waals surface area contributed by atoms with E-state index in [-0.39, 0.29) is 12.5 Å². The molecule has 0 aliphatic rings. The lowest BCUT2D eigenvalue weighted by Gasteiger charge is -2.34. The highest BCUT2D eigenvalue weighted by molar-refractivity contribution is 7.80. The van der Waals surface area contributed by atoms with Gasteiger partial charge in [-0.15, -0.1) is 0 Å². The van der Waals surface area contributed by atoms with Gasteiger partial charge < -0.3 is 27.4 Å². The zero-order chi connectivity index (χ0) is 17.7. The van der Waals surface area contributed by atoms with Crippen LogP contribution in [0.3, 0.4) is 0 Å². The molecule has 0 aromatic heterocycles. The molecule has 0 aliphatic carbocycles. The molecule has 0 aromatic carbocycles. The normalized spacial score (nSPS) is 17.6. The van der Waals surface area contributed by atoms with Gasteiger partial charge >= 0.3 is 11.9 Å².